The van der Waals surface area contributed by atoms with Gasteiger partial charge in [-0.15, -0.1) is 0 Å². The summed E-state index contributed by atoms with van der Waals surface area (Å²) < 4.78 is 74.0. The summed E-state index contributed by atoms with van der Waals surface area (Å²) in [4.78, 5) is 29.1. The highest BCUT2D eigenvalue weighted by molar-refractivity contribution is 5.94. The van der Waals surface area contributed by atoms with E-state index in [1.54, 1.807) is 0 Å². The second kappa shape index (κ2) is 10.8. The molecule has 222 valence electrons. The molecule has 42 heavy (non-hydrogen) atoms. The Kier molecular flexibility index (Phi) is 7.28. The minimum atomic E-state index is -4.56. The monoisotopic (exact) mass is 588 g/mol. The van der Waals surface area contributed by atoms with Gasteiger partial charge in [-0.05, 0) is 61.8 Å². The number of carbonyl (C=O) groups excluding carboxylic acids is 2. The van der Waals surface area contributed by atoms with Gasteiger partial charge in [0.2, 0.25) is 5.91 Å². The summed E-state index contributed by atoms with van der Waals surface area (Å²) in [6.45, 7) is 1.80. The van der Waals surface area contributed by atoms with E-state index in [2.05, 4.69) is 20.7 Å². The zero-order chi connectivity index (χ0) is 29.6. The minimum absolute atomic E-state index is 0.0419. The van der Waals surface area contributed by atoms with Gasteiger partial charge in [-0.2, -0.15) is 13.2 Å². The number of alkyl halides is 3. The molecule has 3 aromatic rings. The third kappa shape index (κ3) is 5.90. The topological polar surface area (TPSA) is 87.5 Å². The molecule has 2 atom stereocenters. The summed E-state index contributed by atoms with van der Waals surface area (Å²) >= 11 is 0. The Labute approximate surface area is 238 Å². The van der Waals surface area contributed by atoms with Gasteiger partial charge in [-0.1, -0.05) is 23.4 Å². The SMILES string of the molecule is O=C(N[C@H]1CCN(CC2CC2)C[C@@H]1C(=O)NC1(c2ccccc2C(F)(F)F)CC1)c1cc(-c2ccc(F)cc2F)on1. The number of benzene rings is 2. The van der Waals surface area contributed by atoms with Crippen molar-refractivity contribution in [1.29, 1.82) is 0 Å². The van der Waals surface area contributed by atoms with Crippen molar-refractivity contribution >= 4 is 11.8 Å². The number of piperidine rings is 1. The van der Waals surface area contributed by atoms with Crippen LogP contribution < -0.4 is 10.6 Å². The van der Waals surface area contributed by atoms with E-state index in [1.807, 2.05) is 0 Å². The molecule has 0 bridgehead atoms. The number of likely N-dealkylation sites (tertiary alicyclic amines) is 1. The molecule has 1 aliphatic heterocycles. The van der Waals surface area contributed by atoms with E-state index in [0.717, 1.165) is 31.5 Å². The number of nitrogens with zero attached hydrogens (tertiary/aromatic N) is 2. The summed E-state index contributed by atoms with van der Waals surface area (Å²) in [5.41, 5.74) is -2.06. The van der Waals surface area contributed by atoms with Gasteiger partial charge in [0.05, 0.1) is 22.6 Å². The molecule has 0 spiro atoms. The zero-order valence-electron chi connectivity index (χ0n) is 22.5. The Bertz CT molecular complexity index is 1500. The Morgan fingerprint density at radius 2 is 1.81 bits per heavy atom. The summed E-state index contributed by atoms with van der Waals surface area (Å²) in [7, 11) is 0. The lowest BCUT2D eigenvalue weighted by Crippen LogP contribution is -2.57. The number of amides is 2. The van der Waals surface area contributed by atoms with E-state index in [0.29, 0.717) is 44.3 Å². The normalized spacial score (nSPS) is 22.0. The quantitative estimate of drug-likeness (QED) is 0.350. The Hall–Kier alpha value is -3.80. The van der Waals surface area contributed by atoms with Gasteiger partial charge < -0.3 is 20.1 Å². The van der Waals surface area contributed by atoms with Crippen LogP contribution in [0.5, 0.6) is 0 Å². The molecule has 2 saturated carbocycles. The second-order valence-corrected chi connectivity index (χ2v) is 11.5. The van der Waals surface area contributed by atoms with Crippen LogP contribution in [0.3, 0.4) is 0 Å². The molecule has 2 amide bonds. The average Bonchev–Trinajstić information content (AvgIpc) is 3.87. The smallest absolute Gasteiger partial charge is 0.355 e. The molecule has 1 aromatic heterocycles. The van der Waals surface area contributed by atoms with Crippen LogP contribution in [0.1, 0.15) is 53.7 Å². The van der Waals surface area contributed by atoms with Gasteiger partial charge in [-0.25, -0.2) is 8.78 Å². The van der Waals surface area contributed by atoms with E-state index in [-0.39, 0.29) is 22.6 Å². The van der Waals surface area contributed by atoms with Gasteiger partial charge in [-0.3, -0.25) is 9.59 Å². The Morgan fingerprint density at radius 3 is 2.50 bits per heavy atom. The number of rotatable bonds is 8. The molecule has 12 heteroatoms. The van der Waals surface area contributed by atoms with Gasteiger partial charge in [0.15, 0.2) is 11.5 Å². The molecule has 2 aliphatic carbocycles. The highest BCUT2D eigenvalue weighted by Crippen LogP contribution is 2.50. The maximum atomic E-state index is 14.2. The van der Waals surface area contributed by atoms with Crippen molar-refractivity contribution in [2.45, 2.75) is 49.9 Å². The molecule has 3 aliphatic rings. The largest absolute Gasteiger partial charge is 0.416 e. The van der Waals surface area contributed by atoms with Crippen LogP contribution in [0.4, 0.5) is 22.0 Å². The van der Waals surface area contributed by atoms with Gasteiger partial charge >= 0.3 is 6.18 Å². The predicted octanol–water partition coefficient (Wildman–Crippen LogP) is 5.27. The van der Waals surface area contributed by atoms with Gasteiger partial charge in [0.1, 0.15) is 11.6 Å². The molecule has 0 unspecified atom stereocenters. The lowest BCUT2D eigenvalue weighted by molar-refractivity contribution is -0.139. The van der Waals surface area contributed by atoms with Crippen LogP contribution in [0.2, 0.25) is 0 Å². The number of nitrogens with one attached hydrogen (secondary N) is 2. The highest BCUT2D eigenvalue weighted by Gasteiger charge is 2.51. The van der Waals surface area contributed by atoms with Crippen molar-refractivity contribution in [3.8, 4) is 11.3 Å². The maximum absolute atomic E-state index is 14.2. The van der Waals surface area contributed by atoms with E-state index >= 15 is 0 Å². The van der Waals surface area contributed by atoms with E-state index < -0.39 is 52.7 Å². The van der Waals surface area contributed by atoms with Crippen LogP contribution in [-0.2, 0) is 16.5 Å². The van der Waals surface area contributed by atoms with Gasteiger partial charge in [0.25, 0.3) is 5.91 Å². The first kappa shape index (κ1) is 28.3. The second-order valence-electron chi connectivity index (χ2n) is 11.5. The number of aromatic nitrogens is 1. The van der Waals surface area contributed by atoms with Crippen molar-refractivity contribution in [3.05, 3.63) is 77.0 Å². The maximum Gasteiger partial charge on any atom is 0.416 e. The number of halogens is 5. The van der Waals surface area contributed by atoms with Crippen molar-refractivity contribution in [1.82, 2.24) is 20.7 Å². The number of carbonyl (C=O) groups is 2. The Balaban J connectivity index is 1.20. The first-order chi connectivity index (χ1) is 20.0. The van der Waals surface area contributed by atoms with Crippen LogP contribution in [0.25, 0.3) is 11.3 Å². The first-order valence-electron chi connectivity index (χ1n) is 14.0. The summed E-state index contributed by atoms with van der Waals surface area (Å²) in [5.74, 6) is -2.93. The molecule has 7 nitrogen and oxygen atoms in total. The molecule has 6 rings (SSSR count). The lowest BCUT2D eigenvalue weighted by atomic mass is 9.89. The van der Waals surface area contributed by atoms with Crippen LogP contribution in [-0.4, -0.2) is 47.5 Å². The molecule has 2 aromatic carbocycles. The van der Waals surface area contributed by atoms with Crippen molar-refractivity contribution < 1.29 is 36.1 Å². The van der Waals surface area contributed by atoms with E-state index in [4.69, 9.17) is 4.52 Å². The molecular weight excluding hydrogens is 559 g/mol. The molecule has 0 radical (unpaired) electrons. The van der Waals surface area contributed by atoms with E-state index in [1.165, 1.54) is 30.3 Å². The number of hydrogen-bond acceptors (Lipinski definition) is 5. The van der Waals surface area contributed by atoms with Crippen LogP contribution in [0.15, 0.2) is 53.1 Å². The first-order valence-corrected chi connectivity index (χ1v) is 14.0. The fourth-order valence-corrected chi connectivity index (χ4v) is 5.79. The predicted molar refractivity (Wildman–Crippen MR) is 141 cm³/mol. The fourth-order valence-electron chi connectivity index (χ4n) is 5.79. The van der Waals surface area contributed by atoms with Crippen molar-refractivity contribution in [3.63, 3.8) is 0 Å². The summed E-state index contributed by atoms with van der Waals surface area (Å²) in [6, 6.07) is 8.81. The standard InChI is InChI=1S/C30H29F5N4O3/c31-18-7-8-19(23(32)13-18)26-14-25(38-42-26)28(41)36-24-9-12-39(15-17-5-6-17)16-20(24)27(40)37-29(10-11-29)21-3-1-2-4-22(21)30(33,34)35/h1-4,7-8,13-14,17,20,24H,5-6,9-12,15-16H2,(H,36,41)(H,37,40)/t20-,24-/m0/s1. The number of hydrogen-bond donors (Lipinski definition) is 2. The van der Waals surface area contributed by atoms with Crippen LogP contribution in [0, 0.1) is 23.5 Å². The van der Waals surface area contributed by atoms with Gasteiger partial charge in [0, 0.05) is 37.8 Å². The van der Waals surface area contributed by atoms with E-state index in [9.17, 15) is 31.5 Å². The van der Waals surface area contributed by atoms with Crippen molar-refractivity contribution in [2.75, 3.05) is 19.6 Å². The zero-order valence-corrected chi connectivity index (χ0v) is 22.5. The molecule has 2 heterocycles. The minimum Gasteiger partial charge on any atom is -0.355 e. The average molecular weight is 589 g/mol. The molecule has 1 saturated heterocycles. The van der Waals surface area contributed by atoms with Crippen LogP contribution >= 0.6 is 0 Å². The summed E-state index contributed by atoms with van der Waals surface area (Å²) in [6.07, 6.45) is -1.12. The van der Waals surface area contributed by atoms with Crippen molar-refractivity contribution in [2.24, 2.45) is 11.8 Å². The molecule has 3 fully saturated rings. The Morgan fingerprint density at radius 1 is 1.05 bits per heavy atom. The summed E-state index contributed by atoms with van der Waals surface area (Å²) in [5, 5.41) is 9.49. The third-order valence-corrected chi connectivity index (χ3v) is 8.36. The fraction of sp³-hybridized carbons (Fsp3) is 0.433. The highest BCUT2D eigenvalue weighted by atomic mass is 19.4. The molecular formula is C30H29F5N4O3. The third-order valence-electron chi connectivity index (χ3n) is 8.36. The lowest BCUT2D eigenvalue weighted by Gasteiger charge is -2.39. The molecule has 2 N–H and O–H groups in total.